The van der Waals surface area contributed by atoms with Crippen molar-refractivity contribution in [1.82, 2.24) is 5.32 Å². The number of aliphatic hydroxyl groups excluding tert-OH is 1. The SMILES string of the molecule is CC(C)C1CCCC(NC2CCCC(O)C2)CC1. The highest BCUT2D eigenvalue weighted by molar-refractivity contribution is 4.83. The number of aliphatic hydroxyl groups is 1. The van der Waals surface area contributed by atoms with E-state index in [1.165, 1.54) is 44.9 Å². The van der Waals surface area contributed by atoms with Gasteiger partial charge in [-0.15, -0.1) is 0 Å². The molecule has 0 aromatic rings. The fraction of sp³-hybridized carbons (Fsp3) is 1.00. The molecule has 4 atom stereocenters. The van der Waals surface area contributed by atoms with E-state index in [2.05, 4.69) is 19.2 Å². The van der Waals surface area contributed by atoms with Crippen LogP contribution in [0.5, 0.6) is 0 Å². The van der Waals surface area contributed by atoms with Crippen LogP contribution in [0.3, 0.4) is 0 Å². The molecule has 0 aliphatic heterocycles. The Hall–Kier alpha value is -0.0800. The van der Waals surface area contributed by atoms with Gasteiger partial charge in [-0.25, -0.2) is 0 Å². The van der Waals surface area contributed by atoms with E-state index in [1.807, 2.05) is 0 Å². The van der Waals surface area contributed by atoms with Crippen molar-refractivity contribution in [3.63, 3.8) is 0 Å². The molecule has 0 saturated heterocycles. The average Bonchev–Trinajstić information content (AvgIpc) is 2.55. The summed E-state index contributed by atoms with van der Waals surface area (Å²) in [5, 5.41) is 13.6. The van der Waals surface area contributed by atoms with Gasteiger partial charge < -0.3 is 10.4 Å². The van der Waals surface area contributed by atoms with Gasteiger partial charge in [-0.05, 0) is 56.8 Å². The number of nitrogens with one attached hydrogen (secondary N) is 1. The maximum Gasteiger partial charge on any atom is 0.0555 e. The predicted octanol–water partition coefficient (Wildman–Crippen LogP) is 3.48. The molecular weight excluding hydrogens is 222 g/mol. The van der Waals surface area contributed by atoms with Crippen LogP contribution in [-0.4, -0.2) is 23.3 Å². The van der Waals surface area contributed by atoms with Gasteiger partial charge in [0.15, 0.2) is 0 Å². The molecule has 0 radical (unpaired) electrons. The van der Waals surface area contributed by atoms with Crippen LogP contribution in [0.1, 0.15) is 71.6 Å². The van der Waals surface area contributed by atoms with Crippen molar-refractivity contribution in [2.45, 2.75) is 89.8 Å². The predicted molar refractivity (Wildman–Crippen MR) is 76.6 cm³/mol. The molecule has 2 aliphatic carbocycles. The van der Waals surface area contributed by atoms with Crippen molar-refractivity contribution in [1.29, 1.82) is 0 Å². The summed E-state index contributed by atoms with van der Waals surface area (Å²) in [4.78, 5) is 0. The van der Waals surface area contributed by atoms with E-state index in [4.69, 9.17) is 0 Å². The van der Waals surface area contributed by atoms with Gasteiger partial charge in [0.25, 0.3) is 0 Å². The molecule has 0 amide bonds. The lowest BCUT2D eigenvalue weighted by Crippen LogP contribution is -2.42. The topological polar surface area (TPSA) is 32.3 Å². The summed E-state index contributed by atoms with van der Waals surface area (Å²) in [6.45, 7) is 4.74. The molecule has 0 aromatic heterocycles. The first-order valence-corrected chi connectivity index (χ1v) is 8.09. The first-order valence-electron chi connectivity index (χ1n) is 8.09. The summed E-state index contributed by atoms with van der Waals surface area (Å²) < 4.78 is 0. The normalized spacial score (nSPS) is 38.7. The van der Waals surface area contributed by atoms with Gasteiger partial charge in [0.1, 0.15) is 0 Å². The monoisotopic (exact) mass is 253 g/mol. The molecule has 0 heterocycles. The van der Waals surface area contributed by atoms with Gasteiger partial charge in [0.05, 0.1) is 6.10 Å². The summed E-state index contributed by atoms with van der Waals surface area (Å²) in [6, 6.07) is 1.29. The van der Waals surface area contributed by atoms with Crippen LogP contribution in [0.4, 0.5) is 0 Å². The zero-order chi connectivity index (χ0) is 13.0. The summed E-state index contributed by atoms with van der Waals surface area (Å²) in [6.07, 6.45) is 11.3. The largest absolute Gasteiger partial charge is 0.393 e. The third-order valence-electron chi connectivity index (χ3n) is 5.07. The molecule has 0 bridgehead atoms. The molecule has 18 heavy (non-hydrogen) atoms. The minimum atomic E-state index is -0.0505. The highest BCUT2D eigenvalue weighted by Gasteiger charge is 2.25. The summed E-state index contributed by atoms with van der Waals surface area (Å²) in [5.41, 5.74) is 0. The van der Waals surface area contributed by atoms with Crippen LogP contribution < -0.4 is 5.32 Å². The number of hydrogen-bond acceptors (Lipinski definition) is 2. The summed E-state index contributed by atoms with van der Waals surface area (Å²) in [7, 11) is 0. The van der Waals surface area contributed by atoms with Gasteiger partial charge in [0.2, 0.25) is 0 Å². The minimum absolute atomic E-state index is 0.0505. The standard InChI is InChI=1S/C16H31NO/c1-12(2)13-5-3-6-14(10-9-13)17-15-7-4-8-16(18)11-15/h12-18H,3-11H2,1-2H3. The zero-order valence-electron chi connectivity index (χ0n) is 12.2. The molecule has 2 N–H and O–H groups in total. The highest BCUT2D eigenvalue weighted by Crippen LogP contribution is 2.29. The minimum Gasteiger partial charge on any atom is -0.393 e. The van der Waals surface area contributed by atoms with E-state index >= 15 is 0 Å². The lowest BCUT2D eigenvalue weighted by Gasteiger charge is -2.30. The molecule has 106 valence electrons. The second-order valence-corrected chi connectivity index (χ2v) is 6.89. The van der Waals surface area contributed by atoms with Crippen molar-refractivity contribution in [3.05, 3.63) is 0 Å². The second-order valence-electron chi connectivity index (χ2n) is 6.89. The molecule has 0 spiro atoms. The van der Waals surface area contributed by atoms with E-state index in [1.54, 1.807) is 0 Å². The zero-order valence-corrected chi connectivity index (χ0v) is 12.2. The van der Waals surface area contributed by atoms with Crippen LogP contribution in [0, 0.1) is 11.8 Å². The second kappa shape index (κ2) is 6.91. The Morgan fingerprint density at radius 3 is 2.33 bits per heavy atom. The molecule has 2 aliphatic rings. The van der Waals surface area contributed by atoms with Crippen molar-refractivity contribution in [3.8, 4) is 0 Å². The Morgan fingerprint density at radius 1 is 0.889 bits per heavy atom. The van der Waals surface area contributed by atoms with Crippen LogP contribution >= 0.6 is 0 Å². The molecule has 2 fully saturated rings. The highest BCUT2D eigenvalue weighted by atomic mass is 16.3. The first kappa shape index (κ1) is 14.3. The van der Waals surface area contributed by atoms with E-state index in [9.17, 15) is 5.11 Å². The molecule has 2 rings (SSSR count). The van der Waals surface area contributed by atoms with Crippen molar-refractivity contribution < 1.29 is 5.11 Å². The number of rotatable bonds is 3. The molecule has 4 unspecified atom stereocenters. The van der Waals surface area contributed by atoms with Crippen LogP contribution in [0.25, 0.3) is 0 Å². The Bertz CT molecular complexity index is 241. The summed E-state index contributed by atoms with van der Waals surface area (Å²) in [5.74, 6) is 1.79. The molecule has 2 saturated carbocycles. The first-order chi connectivity index (χ1) is 8.65. The Morgan fingerprint density at radius 2 is 1.61 bits per heavy atom. The smallest absolute Gasteiger partial charge is 0.0555 e. The van der Waals surface area contributed by atoms with E-state index in [-0.39, 0.29) is 6.10 Å². The third-order valence-corrected chi connectivity index (χ3v) is 5.07. The lowest BCUT2D eigenvalue weighted by molar-refractivity contribution is 0.107. The third kappa shape index (κ3) is 4.24. The van der Waals surface area contributed by atoms with Crippen LogP contribution in [-0.2, 0) is 0 Å². The number of hydrogen-bond donors (Lipinski definition) is 2. The van der Waals surface area contributed by atoms with Crippen LogP contribution in [0.2, 0.25) is 0 Å². The quantitative estimate of drug-likeness (QED) is 0.755. The van der Waals surface area contributed by atoms with E-state index in [0.717, 1.165) is 24.7 Å². The molecule has 2 heteroatoms. The van der Waals surface area contributed by atoms with E-state index in [0.29, 0.717) is 12.1 Å². The van der Waals surface area contributed by atoms with E-state index < -0.39 is 0 Å². The van der Waals surface area contributed by atoms with Crippen molar-refractivity contribution >= 4 is 0 Å². The average molecular weight is 253 g/mol. The van der Waals surface area contributed by atoms with Gasteiger partial charge in [-0.3, -0.25) is 0 Å². The van der Waals surface area contributed by atoms with Crippen molar-refractivity contribution in [2.75, 3.05) is 0 Å². The van der Waals surface area contributed by atoms with Gasteiger partial charge in [-0.2, -0.15) is 0 Å². The molecule has 0 aromatic carbocycles. The molecule has 2 nitrogen and oxygen atoms in total. The van der Waals surface area contributed by atoms with Crippen LogP contribution in [0.15, 0.2) is 0 Å². The Kier molecular flexibility index (Phi) is 5.50. The lowest BCUT2D eigenvalue weighted by atomic mass is 9.89. The van der Waals surface area contributed by atoms with Gasteiger partial charge >= 0.3 is 0 Å². The molecular formula is C16H31NO. The fourth-order valence-corrected chi connectivity index (χ4v) is 3.81. The summed E-state index contributed by atoms with van der Waals surface area (Å²) >= 11 is 0. The fourth-order valence-electron chi connectivity index (χ4n) is 3.81. The Labute approximate surface area is 113 Å². The van der Waals surface area contributed by atoms with Crippen molar-refractivity contribution in [2.24, 2.45) is 11.8 Å². The maximum absolute atomic E-state index is 9.74. The van der Waals surface area contributed by atoms with Gasteiger partial charge in [-0.1, -0.05) is 26.7 Å². The maximum atomic E-state index is 9.74. The Balaban J connectivity index is 1.76. The van der Waals surface area contributed by atoms with Gasteiger partial charge in [0, 0.05) is 12.1 Å².